The van der Waals surface area contributed by atoms with Crippen molar-refractivity contribution in [1.82, 2.24) is 4.98 Å². The highest BCUT2D eigenvalue weighted by molar-refractivity contribution is 7.99. The van der Waals surface area contributed by atoms with Crippen LogP contribution in [0.15, 0.2) is 17.1 Å². The number of rotatable bonds is 1. The first-order valence-electron chi connectivity index (χ1n) is 5.19. The third kappa shape index (κ3) is 2.00. The first-order chi connectivity index (χ1) is 7.54. The zero-order valence-electron chi connectivity index (χ0n) is 8.93. The maximum Gasteiger partial charge on any atom is 0.254 e. The Bertz CT molecular complexity index is 450. The first-order valence-corrected chi connectivity index (χ1v) is 6.72. The molecule has 1 aromatic heterocycles. The van der Waals surface area contributed by atoms with Gasteiger partial charge in [-0.1, -0.05) is 18.5 Å². The summed E-state index contributed by atoms with van der Waals surface area (Å²) in [6, 6.07) is 1.45. The van der Waals surface area contributed by atoms with Gasteiger partial charge in [-0.25, -0.2) is 4.39 Å². The van der Waals surface area contributed by atoms with E-state index in [0.29, 0.717) is 11.4 Å². The lowest BCUT2D eigenvalue weighted by atomic mass is 9.83. The van der Waals surface area contributed by atoms with E-state index < -0.39 is 5.67 Å². The quantitative estimate of drug-likeness (QED) is 0.843. The van der Waals surface area contributed by atoms with Crippen LogP contribution >= 0.6 is 23.4 Å². The van der Waals surface area contributed by atoms with Gasteiger partial charge in [0, 0.05) is 12.1 Å². The van der Waals surface area contributed by atoms with E-state index in [1.54, 1.807) is 11.8 Å². The van der Waals surface area contributed by atoms with Crippen LogP contribution in [0.25, 0.3) is 0 Å². The van der Waals surface area contributed by atoms with Crippen molar-refractivity contribution in [2.24, 2.45) is 5.92 Å². The molecule has 2 nitrogen and oxygen atoms in total. The number of alkyl halides is 1. The summed E-state index contributed by atoms with van der Waals surface area (Å²) in [6.45, 7) is 1.84. The van der Waals surface area contributed by atoms with Crippen molar-refractivity contribution in [2.75, 3.05) is 11.5 Å². The molecule has 2 unspecified atom stereocenters. The van der Waals surface area contributed by atoms with E-state index in [2.05, 4.69) is 4.98 Å². The number of aromatic nitrogens is 1. The number of H-pyrrole nitrogens is 1. The average molecular weight is 262 g/mol. The minimum absolute atomic E-state index is 0.161. The van der Waals surface area contributed by atoms with E-state index in [9.17, 15) is 9.18 Å². The van der Waals surface area contributed by atoms with Crippen molar-refractivity contribution in [3.8, 4) is 0 Å². The Morgan fingerprint density at radius 2 is 2.44 bits per heavy atom. The molecule has 1 saturated heterocycles. The van der Waals surface area contributed by atoms with Crippen LogP contribution in [0, 0.1) is 5.92 Å². The second kappa shape index (κ2) is 4.41. The van der Waals surface area contributed by atoms with Crippen molar-refractivity contribution in [3.63, 3.8) is 0 Å². The summed E-state index contributed by atoms with van der Waals surface area (Å²) in [4.78, 5) is 14.1. The van der Waals surface area contributed by atoms with Crippen LogP contribution in [0.2, 0.25) is 5.02 Å². The van der Waals surface area contributed by atoms with Crippen LogP contribution in [0.4, 0.5) is 4.39 Å². The van der Waals surface area contributed by atoms with Gasteiger partial charge >= 0.3 is 0 Å². The number of hydrogen-bond acceptors (Lipinski definition) is 2. The summed E-state index contributed by atoms with van der Waals surface area (Å²) < 4.78 is 14.8. The van der Waals surface area contributed by atoms with Gasteiger partial charge in [0.25, 0.3) is 5.56 Å². The molecule has 16 heavy (non-hydrogen) atoms. The molecule has 2 heterocycles. The monoisotopic (exact) mass is 261 g/mol. The molecule has 0 radical (unpaired) electrons. The fourth-order valence-electron chi connectivity index (χ4n) is 2.03. The van der Waals surface area contributed by atoms with Gasteiger partial charge in [0.2, 0.25) is 0 Å². The Hall–Kier alpha value is -0.480. The molecule has 88 valence electrons. The van der Waals surface area contributed by atoms with Crippen LogP contribution in [-0.4, -0.2) is 16.5 Å². The minimum Gasteiger partial charge on any atom is -0.327 e. The predicted molar refractivity (Wildman–Crippen MR) is 66.0 cm³/mol. The Kier molecular flexibility index (Phi) is 3.31. The third-order valence-corrected chi connectivity index (χ3v) is 4.52. The molecule has 2 rings (SSSR count). The Morgan fingerprint density at radius 1 is 1.69 bits per heavy atom. The number of pyridine rings is 1. The van der Waals surface area contributed by atoms with Gasteiger partial charge in [-0.05, 0) is 24.0 Å². The van der Waals surface area contributed by atoms with Gasteiger partial charge in [-0.2, -0.15) is 11.8 Å². The normalized spacial score (nSPS) is 30.3. The van der Waals surface area contributed by atoms with Gasteiger partial charge < -0.3 is 4.98 Å². The van der Waals surface area contributed by atoms with E-state index in [1.165, 1.54) is 12.3 Å². The average Bonchev–Trinajstić information content (AvgIpc) is 2.26. The summed E-state index contributed by atoms with van der Waals surface area (Å²) in [6.07, 6.45) is 1.77. The van der Waals surface area contributed by atoms with Crippen LogP contribution < -0.4 is 5.56 Å². The van der Waals surface area contributed by atoms with Crippen LogP contribution in [0.3, 0.4) is 0 Å². The zero-order valence-corrected chi connectivity index (χ0v) is 10.5. The molecule has 0 spiro atoms. The molecule has 1 aromatic rings. The molecule has 0 aliphatic carbocycles. The van der Waals surface area contributed by atoms with E-state index in [1.807, 2.05) is 6.92 Å². The lowest BCUT2D eigenvalue weighted by Crippen LogP contribution is -2.39. The molecule has 0 aromatic carbocycles. The Balaban J connectivity index is 2.48. The van der Waals surface area contributed by atoms with Gasteiger partial charge in [-0.15, -0.1) is 0 Å². The molecule has 1 N–H and O–H groups in total. The third-order valence-electron chi connectivity index (χ3n) is 3.07. The summed E-state index contributed by atoms with van der Waals surface area (Å²) >= 11 is 7.53. The van der Waals surface area contributed by atoms with Crippen molar-refractivity contribution in [3.05, 3.63) is 33.2 Å². The number of aromatic amines is 1. The fraction of sp³-hybridized carbons (Fsp3) is 0.545. The maximum absolute atomic E-state index is 14.8. The zero-order chi connectivity index (χ0) is 11.8. The summed E-state index contributed by atoms with van der Waals surface area (Å²) in [5.41, 5.74) is -1.73. The van der Waals surface area contributed by atoms with Crippen molar-refractivity contribution in [1.29, 1.82) is 0 Å². The second-order valence-corrected chi connectivity index (χ2v) is 5.74. The highest BCUT2D eigenvalue weighted by Gasteiger charge is 2.42. The van der Waals surface area contributed by atoms with Crippen LogP contribution in [0.1, 0.15) is 18.9 Å². The Labute approximate surface area is 103 Å². The first kappa shape index (κ1) is 12.0. The largest absolute Gasteiger partial charge is 0.327 e. The van der Waals surface area contributed by atoms with Gasteiger partial charge in [0.1, 0.15) is 5.67 Å². The summed E-state index contributed by atoms with van der Waals surface area (Å²) in [5, 5.41) is 0.372. The molecule has 1 fully saturated rings. The summed E-state index contributed by atoms with van der Waals surface area (Å²) in [7, 11) is 0. The van der Waals surface area contributed by atoms with Crippen molar-refractivity contribution >= 4 is 23.4 Å². The number of nitrogens with one attached hydrogen (secondary N) is 1. The number of thioether (sulfide) groups is 1. The number of hydrogen-bond donors (Lipinski definition) is 1. The Morgan fingerprint density at radius 3 is 3.12 bits per heavy atom. The van der Waals surface area contributed by atoms with E-state index >= 15 is 0 Å². The lowest BCUT2D eigenvalue weighted by Gasteiger charge is -2.35. The highest BCUT2D eigenvalue weighted by atomic mass is 35.5. The SMILES string of the molecule is CC1CSCCC1(F)c1cc(Cl)c[nH]c1=O. The van der Waals surface area contributed by atoms with Gasteiger partial charge in [0.15, 0.2) is 0 Å². The minimum atomic E-state index is -1.54. The van der Waals surface area contributed by atoms with Gasteiger partial charge in [0.05, 0.1) is 10.6 Å². The molecular weight excluding hydrogens is 249 g/mol. The van der Waals surface area contributed by atoms with E-state index in [0.717, 1.165) is 11.5 Å². The van der Waals surface area contributed by atoms with Crippen molar-refractivity contribution < 1.29 is 4.39 Å². The molecule has 0 bridgehead atoms. The van der Waals surface area contributed by atoms with Crippen LogP contribution in [-0.2, 0) is 5.67 Å². The van der Waals surface area contributed by atoms with Crippen LogP contribution in [0.5, 0.6) is 0 Å². The predicted octanol–water partition coefficient (Wildman–Crippen LogP) is 2.97. The molecule has 0 amide bonds. The maximum atomic E-state index is 14.8. The number of halogens is 2. The van der Waals surface area contributed by atoms with Crippen molar-refractivity contribution in [2.45, 2.75) is 19.0 Å². The molecule has 1 aliphatic heterocycles. The lowest BCUT2D eigenvalue weighted by molar-refractivity contribution is 0.0913. The smallest absolute Gasteiger partial charge is 0.254 e. The summed E-state index contributed by atoms with van der Waals surface area (Å²) in [5.74, 6) is 1.32. The second-order valence-electron chi connectivity index (χ2n) is 4.15. The molecular formula is C11H13ClFNOS. The van der Waals surface area contributed by atoms with Gasteiger partial charge in [-0.3, -0.25) is 4.79 Å². The van der Waals surface area contributed by atoms with E-state index in [-0.39, 0.29) is 17.0 Å². The topological polar surface area (TPSA) is 32.9 Å². The highest BCUT2D eigenvalue weighted by Crippen LogP contribution is 2.42. The molecule has 0 saturated carbocycles. The van der Waals surface area contributed by atoms with E-state index in [4.69, 9.17) is 11.6 Å². The standard InChI is InChI=1S/C11H13ClFNOS/c1-7-6-16-3-2-11(7,13)9-4-8(12)5-14-10(9)15/h4-5,7H,2-3,6H2,1H3,(H,14,15). The molecule has 2 atom stereocenters. The molecule has 1 aliphatic rings. The fourth-order valence-corrected chi connectivity index (χ4v) is 3.41. The molecule has 5 heteroatoms.